The van der Waals surface area contributed by atoms with Crippen molar-refractivity contribution in [3.8, 4) is 0 Å². The molecule has 0 aliphatic heterocycles. The molecule has 1 fully saturated rings. The molecule has 1 saturated carbocycles. The molecule has 0 aromatic heterocycles. The fourth-order valence-corrected chi connectivity index (χ4v) is 2.78. The molecule has 0 unspecified atom stereocenters. The predicted molar refractivity (Wildman–Crippen MR) is 85.7 cm³/mol. The van der Waals surface area contributed by atoms with E-state index in [2.05, 4.69) is 10.6 Å². The maximum absolute atomic E-state index is 12.2. The first-order chi connectivity index (χ1) is 11.0. The number of rotatable bonds is 5. The van der Waals surface area contributed by atoms with E-state index in [1.807, 2.05) is 12.1 Å². The Labute approximate surface area is 135 Å². The highest BCUT2D eigenvalue weighted by molar-refractivity contribution is 5.92. The zero-order valence-electron chi connectivity index (χ0n) is 13.2. The number of aliphatic carboxylic acids is 1. The summed E-state index contributed by atoms with van der Waals surface area (Å²) in [7, 11) is 0. The van der Waals surface area contributed by atoms with Gasteiger partial charge < -0.3 is 15.7 Å². The SMILES string of the molecule is CC(=O)NCc1ccc(NC(=O)C2CCC(C(=O)O)CC2)cc1. The number of carboxylic acid groups (broad SMARTS) is 1. The van der Waals surface area contributed by atoms with Crippen molar-refractivity contribution in [3.63, 3.8) is 0 Å². The Morgan fingerprint density at radius 1 is 1.04 bits per heavy atom. The lowest BCUT2D eigenvalue weighted by atomic mass is 9.81. The summed E-state index contributed by atoms with van der Waals surface area (Å²) in [5.74, 6) is -1.34. The lowest BCUT2D eigenvalue weighted by Gasteiger charge is -2.25. The van der Waals surface area contributed by atoms with Gasteiger partial charge in [-0.1, -0.05) is 12.1 Å². The summed E-state index contributed by atoms with van der Waals surface area (Å²) < 4.78 is 0. The highest BCUT2D eigenvalue weighted by Gasteiger charge is 2.29. The van der Waals surface area contributed by atoms with Crippen molar-refractivity contribution in [2.24, 2.45) is 11.8 Å². The average molecular weight is 318 g/mol. The molecular weight excluding hydrogens is 296 g/mol. The standard InChI is InChI=1S/C17H22N2O4/c1-11(20)18-10-12-2-8-15(9-3-12)19-16(21)13-4-6-14(7-5-13)17(22)23/h2-3,8-9,13-14H,4-7,10H2,1H3,(H,18,20)(H,19,21)(H,22,23). The van der Waals surface area contributed by atoms with Crippen LogP contribution >= 0.6 is 0 Å². The van der Waals surface area contributed by atoms with Crippen LogP contribution in [0.2, 0.25) is 0 Å². The summed E-state index contributed by atoms with van der Waals surface area (Å²) in [6, 6.07) is 7.32. The van der Waals surface area contributed by atoms with Gasteiger partial charge in [-0.25, -0.2) is 0 Å². The van der Waals surface area contributed by atoms with Gasteiger partial charge in [0.1, 0.15) is 0 Å². The van der Waals surface area contributed by atoms with Gasteiger partial charge in [-0.2, -0.15) is 0 Å². The summed E-state index contributed by atoms with van der Waals surface area (Å²) in [4.78, 5) is 34.0. The minimum Gasteiger partial charge on any atom is -0.481 e. The van der Waals surface area contributed by atoms with E-state index in [4.69, 9.17) is 5.11 Å². The Morgan fingerprint density at radius 3 is 2.13 bits per heavy atom. The second kappa shape index (κ2) is 7.76. The number of carboxylic acids is 1. The van der Waals surface area contributed by atoms with E-state index in [1.54, 1.807) is 12.1 Å². The van der Waals surface area contributed by atoms with Crippen molar-refractivity contribution < 1.29 is 19.5 Å². The van der Waals surface area contributed by atoms with E-state index in [0.717, 1.165) is 5.56 Å². The first kappa shape index (κ1) is 17.0. The molecule has 0 bridgehead atoms. The Hall–Kier alpha value is -2.37. The monoisotopic (exact) mass is 318 g/mol. The van der Waals surface area contributed by atoms with Crippen LogP contribution < -0.4 is 10.6 Å². The number of carbonyl (C=O) groups excluding carboxylic acids is 2. The number of nitrogens with one attached hydrogen (secondary N) is 2. The van der Waals surface area contributed by atoms with Crippen molar-refractivity contribution in [1.82, 2.24) is 5.32 Å². The normalized spacial score (nSPS) is 20.6. The summed E-state index contributed by atoms with van der Waals surface area (Å²) in [6.45, 7) is 1.93. The molecule has 0 spiro atoms. The quantitative estimate of drug-likeness (QED) is 0.775. The van der Waals surface area contributed by atoms with E-state index in [1.165, 1.54) is 6.92 Å². The molecule has 6 heteroatoms. The Morgan fingerprint density at radius 2 is 1.61 bits per heavy atom. The summed E-state index contributed by atoms with van der Waals surface area (Å²) in [5.41, 5.74) is 1.67. The third-order valence-electron chi connectivity index (χ3n) is 4.21. The largest absolute Gasteiger partial charge is 0.481 e. The van der Waals surface area contributed by atoms with Crippen LogP contribution in [0, 0.1) is 11.8 Å². The predicted octanol–water partition coefficient (Wildman–Crippen LogP) is 2.15. The van der Waals surface area contributed by atoms with Crippen molar-refractivity contribution in [1.29, 1.82) is 0 Å². The Balaban J connectivity index is 1.83. The topological polar surface area (TPSA) is 95.5 Å². The lowest BCUT2D eigenvalue weighted by Crippen LogP contribution is -2.29. The first-order valence-corrected chi connectivity index (χ1v) is 7.82. The van der Waals surface area contributed by atoms with Gasteiger partial charge in [-0.3, -0.25) is 14.4 Å². The number of hydrogen-bond donors (Lipinski definition) is 3. The molecule has 0 atom stereocenters. The second-order valence-corrected chi connectivity index (χ2v) is 5.98. The Bertz CT molecular complexity index is 575. The molecule has 0 heterocycles. The van der Waals surface area contributed by atoms with E-state index in [9.17, 15) is 14.4 Å². The number of hydrogen-bond acceptors (Lipinski definition) is 3. The fraction of sp³-hybridized carbons (Fsp3) is 0.471. The van der Waals surface area contributed by atoms with Crippen LogP contribution in [0.5, 0.6) is 0 Å². The number of carbonyl (C=O) groups is 3. The molecule has 2 rings (SSSR count). The number of benzene rings is 1. The van der Waals surface area contributed by atoms with E-state index in [0.29, 0.717) is 37.9 Å². The number of amides is 2. The van der Waals surface area contributed by atoms with Gasteiger partial charge in [-0.05, 0) is 43.4 Å². The van der Waals surface area contributed by atoms with Crippen LogP contribution in [0.25, 0.3) is 0 Å². The highest BCUT2D eigenvalue weighted by Crippen LogP contribution is 2.29. The van der Waals surface area contributed by atoms with E-state index < -0.39 is 5.97 Å². The maximum Gasteiger partial charge on any atom is 0.306 e. The molecule has 23 heavy (non-hydrogen) atoms. The van der Waals surface area contributed by atoms with Crippen LogP contribution in [0.3, 0.4) is 0 Å². The van der Waals surface area contributed by atoms with E-state index >= 15 is 0 Å². The second-order valence-electron chi connectivity index (χ2n) is 5.98. The van der Waals surface area contributed by atoms with Gasteiger partial charge in [0.15, 0.2) is 0 Å². The van der Waals surface area contributed by atoms with Gasteiger partial charge in [0.25, 0.3) is 0 Å². The Kier molecular flexibility index (Phi) is 5.73. The average Bonchev–Trinajstić information content (AvgIpc) is 2.54. The van der Waals surface area contributed by atoms with Gasteiger partial charge >= 0.3 is 5.97 Å². The van der Waals surface area contributed by atoms with Gasteiger partial charge in [0.2, 0.25) is 11.8 Å². The summed E-state index contributed by atoms with van der Waals surface area (Å²) >= 11 is 0. The van der Waals surface area contributed by atoms with Crippen LogP contribution in [0.4, 0.5) is 5.69 Å². The van der Waals surface area contributed by atoms with Gasteiger partial charge in [0, 0.05) is 25.1 Å². The molecule has 1 aromatic carbocycles. The smallest absolute Gasteiger partial charge is 0.306 e. The zero-order valence-corrected chi connectivity index (χ0v) is 13.2. The molecule has 2 amide bonds. The van der Waals surface area contributed by atoms with Crippen molar-refractivity contribution in [3.05, 3.63) is 29.8 Å². The third kappa shape index (κ3) is 5.09. The molecular formula is C17H22N2O4. The molecule has 1 aromatic rings. The van der Waals surface area contributed by atoms with Crippen LogP contribution in [0.1, 0.15) is 38.2 Å². The van der Waals surface area contributed by atoms with Crippen LogP contribution in [0.15, 0.2) is 24.3 Å². The molecule has 6 nitrogen and oxygen atoms in total. The van der Waals surface area contributed by atoms with Crippen molar-refractivity contribution >= 4 is 23.5 Å². The van der Waals surface area contributed by atoms with Gasteiger partial charge in [-0.15, -0.1) is 0 Å². The zero-order chi connectivity index (χ0) is 16.8. The summed E-state index contributed by atoms with van der Waals surface area (Å²) in [5, 5.41) is 14.6. The molecule has 1 aliphatic carbocycles. The van der Waals surface area contributed by atoms with E-state index in [-0.39, 0.29) is 23.7 Å². The molecule has 3 N–H and O–H groups in total. The molecule has 0 radical (unpaired) electrons. The van der Waals surface area contributed by atoms with Crippen molar-refractivity contribution in [2.75, 3.05) is 5.32 Å². The third-order valence-corrected chi connectivity index (χ3v) is 4.21. The minimum atomic E-state index is -0.765. The molecule has 1 aliphatic rings. The number of anilines is 1. The molecule has 0 saturated heterocycles. The summed E-state index contributed by atoms with van der Waals surface area (Å²) in [6.07, 6.45) is 2.35. The highest BCUT2D eigenvalue weighted by atomic mass is 16.4. The maximum atomic E-state index is 12.2. The fourth-order valence-electron chi connectivity index (χ4n) is 2.78. The van der Waals surface area contributed by atoms with Crippen molar-refractivity contribution in [2.45, 2.75) is 39.2 Å². The lowest BCUT2D eigenvalue weighted by molar-refractivity contribution is -0.143. The minimum absolute atomic E-state index is 0.0524. The van der Waals surface area contributed by atoms with Crippen LogP contribution in [-0.2, 0) is 20.9 Å². The molecule has 124 valence electrons. The van der Waals surface area contributed by atoms with Crippen LogP contribution in [-0.4, -0.2) is 22.9 Å². The van der Waals surface area contributed by atoms with Gasteiger partial charge in [0.05, 0.1) is 5.92 Å². The first-order valence-electron chi connectivity index (χ1n) is 7.82.